The molecular weight excluding hydrogens is 414 g/mol. The van der Waals surface area contributed by atoms with Crippen LogP contribution in [-0.2, 0) is 17.1 Å². The van der Waals surface area contributed by atoms with Gasteiger partial charge in [0.15, 0.2) is 0 Å². The van der Waals surface area contributed by atoms with E-state index in [1.54, 1.807) is 48.3 Å². The Morgan fingerprint density at radius 2 is 1.87 bits per heavy atom. The second-order valence-electron chi connectivity index (χ2n) is 8.61. The van der Waals surface area contributed by atoms with Crippen molar-refractivity contribution in [3.63, 3.8) is 0 Å². The van der Waals surface area contributed by atoms with E-state index in [1.165, 1.54) is 0 Å². The Hall–Kier alpha value is -2.41. The maximum atomic E-state index is 13.3. The molecule has 1 saturated heterocycles. The van der Waals surface area contributed by atoms with Gasteiger partial charge in [-0.1, -0.05) is 0 Å². The summed E-state index contributed by atoms with van der Waals surface area (Å²) in [5.74, 6) is 1.41. The number of nitriles is 1. The molecule has 8 nitrogen and oxygen atoms in total. The van der Waals surface area contributed by atoms with Crippen molar-refractivity contribution < 1.29 is 13.2 Å². The van der Waals surface area contributed by atoms with E-state index in [0.29, 0.717) is 34.6 Å². The minimum Gasteiger partial charge on any atom is -0.492 e. The van der Waals surface area contributed by atoms with Crippen LogP contribution in [0.15, 0.2) is 35.4 Å². The van der Waals surface area contributed by atoms with Crippen molar-refractivity contribution in [2.75, 3.05) is 33.3 Å². The predicted octanol–water partition coefficient (Wildman–Crippen LogP) is 2.01. The number of piperidine rings is 1. The molecule has 2 bridgehead atoms. The van der Waals surface area contributed by atoms with Gasteiger partial charge in [-0.3, -0.25) is 9.58 Å². The number of sulfonamides is 1. The smallest absolute Gasteiger partial charge is 0.246 e. The van der Waals surface area contributed by atoms with E-state index in [1.807, 2.05) is 12.1 Å². The highest BCUT2D eigenvalue weighted by Gasteiger charge is 2.47. The molecule has 2 aromatic rings. The van der Waals surface area contributed by atoms with Crippen molar-refractivity contribution in [3.8, 4) is 11.8 Å². The molecular formula is C22H29N5O3S. The van der Waals surface area contributed by atoms with Crippen molar-refractivity contribution >= 4 is 10.0 Å². The molecule has 2 atom stereocenters. The summed E-state index contributed by atoms with van der Waals surface area (Å²) in [4.78, 5) is 2.69. The van der Waals surface area contributed by atoms with E-state index >= 15 is 0 Å². The van der Waals surface area contributed by atoms with Crippen molar-refractivity contribution in [3.05, 3.63) is 41.7 Å². The summed E-state index contributed by atoms with van der Waals surface area (Å²) in [5.41, 5.74) is 1.16. The van der Waals surface area contributed by atoms with E-state index < -0.39 is 10.0 Å². The number of benzene rings is 1. The Labute approximate surface area is 184 Å². The largest absolute Gasteiger partial charge is 0.492 e. The highest BCUT2D eigenvalue weighted by atomic mass is 32.2. The minimum absolute atomic E-state index is 0.0281. The second-order valence-corrected chi connectivity index (χ2v) is 10.6. The molecule has 31 heavy (non-hydrogen) atoms. The minimum atomic E-state index is -3.57. The molecule has 166 valence electrons. The third-order valence-corrected chi connectivity index (χ3v) is 8.52. The van der Waals surface area contributed by atoms with Gasteiger partial charge < -0.3 is 4.74 Å². The fraction of sp³-hybridized carbons (Fsp3) is 0.545. The van der Waals surface area contributed by atoms with Gasteiger partial charge in [0.05, 0.1) is 17.3 Å². The maximum absolute atomic E-state index is 13.3. The fourth-order valence-corrected chi connectivity index (χ4v) is 6.81. The first kappa shape index (κ1) is 21.8. The number of rotatable bonds is 7. The lowest BCUT2D eigenvalue weighted by molar-refractivity contribution is 0.0874. The molecule has 1 aliphatic heterocycles. The number of ether oxygens (including phenoxy) is 1. The number of likely N-dealkylation sites (tertiary alicyclic amines) is 1. The Balaban J connectivity index is 1.36. The molecule has 0 amide bonds. The molecule has 1 saturated carbocycles. The van der Waals surface area contributed by atoms with Gasteiger partial charge in [-0.25, -0.2) is 8.42 Å². The first-order valence-corrected chi connectivity index (χ1v) is 12.1. The zero-order chi connectivity index (χ0) is 22.2. The van der Waals surface area contributed by atoms with Crippen LogP contribution in [0.1, 0.15) is 24.1 Å². The molecule has 0 N–H and O–H groups in total. The Morgan fingerprint density at radius 1 is 1.23 bits per heavy atom. The monoisotopic (exact) mass is 443 g/mol. The van der Waals surface area contributed by atoms with E-state index in [-0.39, 0.29) is 6.04 Å². The van der Waals surface area contributed by atoms with E-state index in [4.69, 9.17) is 10.00 Å². The Kier molecular flexibility index (Phi) is 6.06. The SMILES string of the molecule is Cc1nn(C)cc1S(=O)(=O)N(C)C1C2CCC1CN(CCOc1ccc(C#N)cc1)C2. The average molecular weight is 444 g/mol. The summed E-state index contributed by atoms with van der Waals surface area (Å²) < 4.78 is 35.5. The molecule has 1 aromatic carbocycles. The topological polar surface area (TPSA) is 91.5 Å². The molecule has 2 aliphatic rings. The van der Waals surface area contributed by atoms with Crippen LogP contribution in [0.25, 0.3) is 0 Å². The second kappa shape index (κ2) is 8.61. The van der Waals surface area contributed by atoms with Gasteiger partial charge >= 0.3 is 0 Å². The van der Waals surface area contributed by atoms with E-state index in [2.05, 4.69) is 16.1 Å². The standard InChI is InChI=1S/C22H29N5O3S/c1-16-21(15-25(2)24-16)31(28,29)26(3)22-18-6-7-19(22)14-27(13-18)10-11-30-20-8-4-17(12-23)5-9-20/h4-5,8-9,15,18-19,22H,6-7,10-11,13-14H2,1-3H3. The van der Waals surface area contributed by atoms with Crippen molar-refractivity contribution in [2.24, 2.45) is 18.9 Å². The van der Waals surface area contributed by atoms with Gasteiger partial charge in [0, 0.05) is 46.0 Å². The van der Waals surface area contributed by atoms with Gasteiger partial charge in [0.25, 0.3) is 0 Å². The first-order chi connectivity index (χ1) is 14.8. The quantitative estimate of drug-likeness (QED) is 0.650. The van der Waals surface area contributed by atoms with Crippen LogP contribution in [0.5, 0.6) is 5.75 Å². The maximum Gasteiger partial charge on any atom is 0.246 e. The highest BCUT2D eigenvalue weighted by Crippen LogP contribution is 2.41. The average Bonchev–Trinajstić information content (AvgIpc) is 3.23. The third-order valence-electron chi connectivity index (χ3n) is 6.56. The van der Waals surface area contributed by atoms with E-state index in [9.17, 15) is 8.42 Å². The molecule has 1 aliphatic carbocycles. The summed E-state index contributed by atoms with van der Waals surface area (Å²) in [6, 6.07) is 9.26. The number of hydrogen-bond acceptors (Lipinski definition) is 6. The summed E-state index contributed by atoms with van der Waals surface area (Å²) in [5, 5.41) is 13.1. The number of hydrogen-bond donors (Lipinski definition) is 0. The number of nitrogens with zero attached hydrogens (tertiary/aromatic N) is 5. The predicted molar refractivity (Wildman–Crippen MR) is 116 cm³/mol. The fourth-order valence-electron chi connectivity index (χ4n) is 5.13. The summed E-state index contributed by atoms with van der Waals surface area (Å²) >= 11 is 0. The van der Waals surface area contributed by atoms with Crippen LogP contribution < -0.4 is 4.74 Å². The lowest BCUT2D eigenvalue weighted by atomic mass is 9.92. The van der Waals surface area contributed by atoms with Crippen LogP contribution >= 0.6 is 0 Å². The molecule has 1 aromatic heterocycles. The van der Waals surface area contributed by atoms with Crippen LogP contribution in [0.4, 0.5) is 0 Å². The highest BCUT2D eigenvalue weighted by molar-refractivity contribution is 7.89. The first-order valence-electron chi connectivity index (χ1n) is 10.6. The van der Waals surface area contributed by atoms with Gasteiger partial charge in [-0.05, 0) is 55.9 Å². The number of fused-ring (bicyclic) bond motifs is 2. The summed E-state index contributed by atoms with van der Waals surface area (Å²) in [6.07, 6.45) is 3.70. The van der Waals surface area contributed by atoms with Gasteiger partial charge in [-0.2, -0.15) is 14.7 Å². The Bertz CT molecular complexity index is 1060. The normalized spacial score (nSPS) is 23.8. The van der Waals surface area contributed by atoms with Gasteiger partial charge in [-0.15, -0.1) is 0 Å². The lowest BCUT2D eigenvalue weighted by Gasteiger charge is -2.41. The zero-order valence-electron chi connectivity index (χ0n) is 18.2. The zero-order valence-corrected chi connectivity index (χ0v) is 19.0. The summed E-state index contributed by atoms with van der Waals surface area (Å²) in [6.45, 7) is 4.87. The molecule has 0 spiro atoms. The molecule has 2 heterocycles. The molecule has 2 fully saturated rings. The molecule has 9 heteroatoms. The Morgan fingerprint density at radius 3 is 2.42 bits per heavy atom. The van der Waals surface area contributed by atoms with Crippen molar-refractivity contribution in [2.45, 2.75) is 30.7 Å². The van der Waals surface area contributed by atoms with Gasteiger partial charge in [0.1, 0.15) is 17.3 Å². The van der Waals surface area contributed by atoms with Crippen molar-refractivity contribution in [1.82, 2.24) is 19.0 Å². The molecule has 0 radical (unpaired) electrons. The third kappa shape index (κ3) is 4.33. The van der Waals surface area contributed by atoms with Crippen LogP contribution in [-0.4, -0.2) is 66.7 Å². The van der Waals surface area contributed by atoms with Crippen LogP contribution in [0.2, 0.25) is 0 Å². The van der Waals surface area contributed by atoms with Crippen molar-refractivity contribution in [1.29, 1.82) is 5.26 Å². The number of aromatic nitrogens is 2. The van der Waals surface area contributed by atoms with Crippen LogP contribution in [0, 0.1) is 30.1 Å². The molecule has 4 rings (SSSR count). The molecule has 2 unspecified atom stereocenters. The number of aryl methyl sites for hydroxylation is 2. The van der Waals surface area contributed by atoms with Crippen LogP contribution in [0.3, 0.4) is 0 Å². The lowest BCUT2D eigenvalue weighted by Crippen LogP contribution is -2.53. The summed E-state index contributed by atoms with van der Waals surface area (Å²) in [7, 11) is -0.0988. The van der Waals surface area contributed by atoms with E-state index in [0.717, 1.165) is 38.2 Å². The van der Waals surface area contributed by atoms with Gasteiger partial charge in [0.2, 0.25) is 10.0 Å².